The van der Waals surface area contributed by atoms with Crippen LogP contribution >= 0.6 is 0 Å². The normalized spacial score (nSPS) is 13.7. The van der Waals surface area contributed by atoms with E-state index in [0.717, 1.165) is 6.42 Å². The van der Waals surface area contributed by atoms with Crippen LogP contribution in [0.15, 0.2) is 0 Å². The molecule has 15 heavy (non-hydrogen) atoms. The van der Waals surface area contributed by atoms with Crippen LogP contribution in [0.25, 0.3) is 0 Å². The summed E-state index contributed by atoms with van der Waals surface area (Å²) in [5.74, 6) is -0.0961. The fraction of sp³-hybridized carbons (Fsp3) is 0.909. The molecular formula is C11H24N2O2. The molecular weight excluding hydrogens is 192 g/mol. The highest BCUT2D eigenvalue weighted by molar-refractivity contribution is 5.77. The fourth-order valence-corrected chi connectivity index (χ4v) is 1.35. The van der Waals surface area contributed by atoms with Crippen molar-refractivity contribution in [1.82, 2.24) is 5.32 Å². The first-order chi connectivity index (χ1) is 6.85. The molecule has 90 valence electrons. The van der Waals surface area contributed by atoms with Gasteiger partial charge in [0.15, 0.2) is 0 Å². The molecule has 0 aromatic carbocycles. The maximum absolute atomic E-state index is 11.2. The molecule has 0 aromatic heterocycles. The Bertz CT molecular complexity index is 188. The molecule has 3 N–H and O–H groups in total. The topological polar surface area (TPSA) is 64.3 Å². The van der Waals surface area contributed by atoms with E-state index in [0.29, 0.717) is 13.2 Å². The van der Waals surface area contributed by atoms with Crippen molar-refractivity contribution < 1.29 is 9.53 Å². The molecule has 0 heterocycles. The molecule has 0 fully saturated rings. The number of hydrogen-bond acceptors (Lipinski definition) is 3. The molecule has 4 heteroatoms. The van der Waals surface area contributed by atoms with Gasteiger partial charge in [-0.05, 0) is 18.8 Å². The van der Waals surface area contributed by atoms with Gasteiger partial charge < -0.3 is 15.8 Å². The molecule has 0 rings (SSSR count). The molecule has 0 bridgehead atoms. The van der Waals surface area contributed by atoms with Crippen molar-refractivity contribution in [3.05, 3.63) is 0 Å². The lowest BCUT2D eigenvalue weighted by Gasteiger charge is -2.23. The van der Waals surface area contributed by atoms with Crippen LogP contribution in [0.3, 0.4) is 0 Å². The monoisotopic (exact) mass is 216 g/mol. The number of carbonyl (C=O) groups excluding carboxylic acids is 1. The van der Waals surface area contributed by atoms with Gasteiger partial charge in [0.25, 0.3) is 0 Å². The minimum Gasteiger partial charge on any atom is -0.372 e. The Morgan fingerprint density at radius 1 is 1.47 bits per heavy atom. The molecule has 1 atom stereocenters. The summed E-state index contributed by atoms with van der Waals surface area (Å²) in [6.45, 7) is 9.46. The predicted octanol–water partition coefficient (Wildman–Crippen LogP) is 0.903. The Kier molecular flexibility index (Phi) is 6.52. The van der Waals surface area contributed by atoms with Gasteiger partial charge in [-0.3, -0.25) is 4.79 Å². The van der Waals surface area contributed by atoms with E-state index in [1.54, 1.807) is 0 Å². The number of amides is 1. The van der Waals surface area contributed by atoms with E-state index in [1.165, 1.54) is 0 Å². The zero-order valence-electron chi connectivity index (χ0n) is 10.3. The first-order valence-corrected chi connectivity index (χ1v) is 5.45. The maximum Gasteiger partial charge on any atom is 0.246 e. The van der Waals surface area contributed by atoms with Crippen LogP contribution < -0.4 is 11.1 Å². The first kappa shape index (κ1) is 14.4. The van der Waals surface area contributed by atoms with Gasteiger partial charge in [-0.1, -0.05) is 20.8 Å². The maximum atomic E-state index is 11.2. The smallest absolute Gasteiger partial charge is 0.246 e. The van der Waals surface area contributed by atoms with E-state index < -0.39 is 0 Å². The number of ether oxygens (including phenoxy) is 1. The van der Waals surface area contributed by atoms with Crippen LogP contribution in [-0.2, 0) is 9.53 Å². The minimum atomic E-state index is -0.0961. The molecule has 0 aromatic rings. The van der Waals surface area contributed by atoms with Crippen molar-refractivity contribution >= 4 is 5.91 Å². The van der Waals surface area contributed by atoms with Crippen LogP contribution in [-0.4, -0.2) is 31.7 Å². The van der Waals surface area contributed by atoms with Crippen molar-refractivity contribution in [3.63, 3.8) is 0 Å². The lowest BCUT2D eigenvalue weighted by atomic mass is 9.88. The molecule has 0 saturated carbocycles. The molecule has 1 amide bonds. The summed E-state index contributed by atoms with van der Waals surface area (Å²) >= 11 is 0. The average Bonchev–Trinajstić information content (AvgIpc) is 2.08. The predicted molar refractivity (Wildman–Crippen MR) is 61.6 cm³/mol. The second-order valence-corrected chi connectivity index (χ2v) is 4.97. The number of rotatable bonds is 6. The van der Waals surface area contributed by atoms with E-state index in [1.807, 2.05) is 6.92 Å². The second kappa shape index (κ2) is 6.80. The van der Waals surface area contributed by atoms with Crippen LogP contribution in [0, 0.1) is 5.41 Å². The van der Waals surface area contributed by atoms with Gasteiger partial charge in [0, 0.05) is 19.2 Å². The van der Waals surface area contributed by atoms with Gasteiger partial charge in [0.2, 0.25) is 5.91 Å². The van der Waals surface area contributed by atoms with Crippen molar-refractivity contribution in [1.29, 1.82) is 0 Å². The molecule has 4 nitrogen and oxygen atoms in total. The molecule has 1 unspecified atom stereocenters. The summed E-state index contributed by atoms with van der Waals surface area (Å²) in [5.41, 5.74) is 6.08. The number of nitrogens with one attached hydrogen (secondary N) is 1. The van der Waals surface area contributed by atoms with Gasteiger partial charge >= 0.3 is 0 Å². The Labute approximate surface area is 92.6 Å². The third kappa shape index (κ3) is 9.69. The summed E-state index contributed by atoms with van der Waals surface area (Å²) in [4.78, 5) is 11.2. The third-order valence-electron chi connectivity index (χ3n) is 1.87. The number of nitrogens with two attached hydrogens (primary N) is 1. The largest absolute Gasteiger partial charge is 0.372 e. The van der Waals surface area contributed by atoms with E-state index >= 15 is 0 Å². The molecule has 0 aliphatic heterocycles. The van der Waals surface area contributed by atoms with Crippen LogP contribution in [0.4, 0.5) is 0 Å². The number of carbonyl (C=O) groups is 1. The third-order valence-corrected chi connectivity index (χ3v) is 1.87. The summed E-state index contributed by atoms with van der Waals surface area (Å²) in [6, 6.07) is 0.00979. The lowest BCUT2D eigenvalue weighted by molar-refractivity contribution is -0.125. The number of hydrogen-bond donors (Lipinski definition) is 2. The van der Waals surface area contributed by atoms with Gasteiger partial charge in [-0.2, -0.15) is 0 Å². The van der Waals surface area contributed by atoms with Crippen LogP contribution in [0.5, 0.6) is 0 Å². The average molecular weight is 216 g/mol. The van der Waals surface area contributed by atoms with Crippen molar-refractivity contribution in [2.24, 2.45) is 11.1 Å². The van der Waals surface area contributed by atoms with Crippen LogP contribution in [0.1, 0.15) is 34.1 Å². The van der Waals surface area contributed by atoms with Crippen molar-refractivity contribution in [2.75, 3.05) is 19.8 Å². The van der Waals surface area contributed by atoms with Crippen LogP contribution in [0.2, 0.25) is 0 Å². The Balaban J connectivity index is 3.62. The summed E-state index contributed by atoms with van der Waals surface area (Å²) in [7, 11) is 0. The molecule has 0 spiro atoms. The van der Waals surface area contributed by atoms with Gasteiger partial charge in [0.05, 0.1) is 0 Å². The molecule has 0 aliphatic carbocycles. The van der Waals surface area contributed by atoms with Crippen molar-refractivity contribution in [2.45, 2.75) is 40.2 Å². The zero-order chi connectivity index (χ0) is 11.9. The first-order valence-electron chi connectivity index (χ1n) is 5.45. The van der Waals surface area contributed by atoms with E-state index in [2.05, 4.69) is 26.1 Å². The Hall–Kier alpha value is -0.610. The van der Waals surface area contributed by atoms with E-state index in [-0.39, 0.29) is 24.0 Å². The summed E-state index contributed by atoms with van der Waals surface area (Å²) in [5, 5.41) is 2.75. The fourth-order valence-electron chi connectivity index (χ4n) is 1.35. The highest BCUT2D eigenvalue weighted by Crippen LogP contribution is 2.19. The zero-order valence-corrected chi connectivity index (χ0v) is 10.3. The molecule has 0 saturated heterocycles. The molecule has 0 aliphatic rings. The SMILES string of the molecule is CCOCC(=O)NCC(N)CC(C)(C)C. The minimum absolute atomic E-state index is 0.00979. The Morgan fingerprint density at radius 2 is 2.07 bits per heavy atom. The quantitative estimate of drug-likeness (QED) is 0.693. The highest BCUT2D eigenvalue weighted by atomic mass is 16.5. The summed E-state index contributed by atoms with van der Waals surface area (Å²) in [6.07, 6.45) is 0.891. The van der Waals surface area contributed by atoms with Gasteiger partial charge in [-0.15, -0.1) is 0 Å². The van der Waals surface area contributed by atoms with Crippen molar-refractivity contribution in [3.8, 4) is 0 Å². The van der Waals surface area contributed by atoms with Gasteiger partial charge in [0.1, 0.15) is 6.61 Å². The van der Waals surface area contributed by atoms with E-state index in [9.17, 15) is 4.79 Å². The van der Waals surface area contributed by atoms with Gasteiger partial charge in [-0.25, -0.2) is 0 Å². The standard InChI is InChI=1S/C11H24N2O2/c1-5-15-8-10(14)13-7-9(12)6-11(2,3)4/h9H,5-8,12H2,1-4H3,(H,13,14). The lowest BCUT2D eigenvalue weighted by Crippen LogP contribution is -2.40. The Morgan fingerprint density at radius 3 is 2.53 bits per heavy atom. The molecule has 0 radical (unpaired) electrons. The highest BCUT2D eigenvalue weighted by Gasteiger charge is 2.15. The summed E-state index contributed by atoms with van der Waals surface area (Å²) < 4.78 is 4.98. The second-order valence-electron chi connectivity index (χ2n) is 4.97. The van der Waals surface area contributed by atoms with E-state index in [4.69, 9.17) is 10.5 Å².